The Morgan fingerprint density at radius 2 is 2.20 bits per heavy atom. The summed E-state index contributed by atoms with van der Waals surface area (Å²) in [5, 5.41) is 10.2. The Hall–Kier alpha value is -0.300. The van der Waals surface area contributed by atoms with Gasteiger partial charge in [0.1, 0.15) is 0 Å². The van der Waals surface area contributed by atoms with Crippen molar-refractivity contribution in [1.82, 2.24) is 0 Å². The van der Waals surface area contributed by atoms with E-state index in [1.54, 1.807) is 0 Å². The summed E-state index contributed by atoms with van der Waals surface area (Å²) in [4.78, 5) is 0. The highest BCUT2D eigenvalue weighted by molar-refractivity contribution is 5.04. The van der Waals surface area contributed by atoms with Crippen molar-refractivity contribution in [2.24, 2.45) is 23.2 Å². The third-order valence-electron chi connectivity index (χ3n) is 5.07. The van der Waals surface area contributed by atoms with Crippen LogP contribution in [0.2, 0.25) is 0 Å². The molecular weight excluding hydrogens is 184 g/mol. The van der Waals surface area contributed by atoms with Crippen molar-refractivity contribution in [2.45, 2.75) is 52.1 Å². The molecule has 0 heterocycles. The van der Waals surface area contributed by atoms with E-state index in [1.807, 2.05) is 6.08 Å². The van der Waals surface area contributed by atoms with Crippen LogP contribution in [-0.2, 0) is 0 Å². The van der Waals surface area contributed by atoms with Crippen LogP contribution in [0.25, 0.3) is 0 Å². The number of rotatable bonds is 4. The van der Waals surface area contributed by atoms with E-state index in [4.69, 9.17) is 0 Å². The fraction of sp³-hybridized carbons (Fsp3) is 0.857. The van der Waals surface area contributed by atoms with Gasteiger partial charge in [0.05, 0.1) is 6.10 Å². The third kappa shape index (κ3) is 1.75. The lowest BCUT2D eigenvalue weighted by Crippen LogP contribution is -2.55. The van der Waals surface area contributed by atoms with Gasteiger partial charge in [-0.1, -0.05) is 19.9 Å². The lowest BCUT2D eigenvalue weighted by atomic mass is 9.45. The van der Waals surface area contributed by atoms with E-state index in [1.165, 1.54) is 19.3 Å². The van der Waals surface area contributed by atoms with Crippen LogP contribution in [0.4, 0.5) is 0 Å². The number of aliphatic hydroxyl groups excluding tert-OH is 1. The molecule has 3 saturated carbocycles. The second kappa shape index (κ2) is 3.93. The maximum absolute atomic E-state index is 10.2. The fourth-order valence-corrected chi connectivity index (χ4v) is 3.83. The molecule has 0 spiro atoms. The van der Waals surface area contributed by atoms with Crippen molar-refractivity contribution < 1.29 is 5.11 Å². The summed E-state index contributed by atoms with van der Waals surface area (Å²) in [5.74, 6) is 2.27. The van der Waals surface area contributed by atoms with E-state index in [0.29, 0.717) is 11.3 Å². The molecule has 4 atom stereocenters. The molecule has 86 valence electrons. The summed E-state index contributed by atoms with van der Waals surface area (Å²) in [7, 11) is 0. The predicted octanol–water partition coefficient (Wildman–Crippen LogP) is 3.39. The summed E-state index contributed by atoms with van der Waals surface area (Å²) in [6, 6.07) is 0. The molecular formula is C14H24O. The Balaban J connectivity index is 1.95. The molecule has 0 aromatic carbocycles. The van der Waals surface area contributed by atoms with Crippen molar-refractivity contribution >= 4 is 0 Å². The number of fused-ring (bicyclic) bond motifs is 2. The summed E-state index contributed by atoms with van der Waals surface area (Å²) >= 11 is 0. The minimum Gasteiger partial charge on any atom is -0.393 e. The molecule has 0 aromatic heterocycles. The number of hydrogen-bond acceptors (Lipinski definition) is 1. The minimum absolute atomic E-state index is 0.0893. The third-order valence-corrected chi connectivity index (χ3v) is 5.07. The van der Waals surface area contributed by atoms with E-state index >= 15 is 0 Å². The Kier molecular flexibility index (Phi) is 2.94. The molecule has 1 nitrogen and oxygen atoms in total. The quantitative estimate of drug-likeness (QED) is 0.702. The molecule has 2 unspecified atom stereocenters. The average Bonchev–Trinajstić information content (AvgIpc) is 2.25. The highest BCUT2D eigenvalue weighted by atomic mass is 16.3. The number of aliphatic hydroxyl groups is 1. The molecule has 1 heteroatoms. The monoisotopic (exact) mass is 208 g/mol. The summed E-state index contributed by atoms with van der Waals surface area (Å²) in [6.07, 6.45) is 7.63. The lowest BCUT2D eigenvalue weighted by molar-refractivity contribution is -0.137. The van der Waals surface area contributed by atoms with Gasteiger partial charge in [-0.3, -0.25) is 0 Å². The highest BCUT2D eigenvalue weighted by Crippen LogP contribution is 2.62. The zero-order chi connectivity index (χ0) is 11.1. The van der Waals surface area contributed by atoms with Gasteiger partial charge in [-0.15, -0.1) is 6.58 Å². The van der Waals surface area contributed by atoms with Crippen molar-refractivity contribution in [3.63, 3.8) is 0 Å². The SMILES string of the molecule is C=CCCC(O)C1CC[C@H]2C[C@@H]1C2(C)C. The summed E-state index contributed by atoms with van der Waals surface area (Å²) < 4.78 is 0. The topological polar surface area (TPSA) is 20.2 Å². The molecule has 0 amide bonds. The average molecular weight is 208 g/mol. The van der Waals surface area contributed by atoms with Gasteiger partial charge in [0, 0.05) is 0 Å². The lowest BCUT2D eigenvalue weighted by Gasteiger charge is -2.61. The van der Waals surface area contributed by atoms with Gasteiger partial charge in [-0.25, -0.2) is 0 Å². The Morgan fingerprint density at radius 3 is 2.73 bits per heavy atom. The Bertz CT molecular complexity index is 242. The second-order valence-corrected chi connectivity index (χ2v) is 6.04. The van der Waals surface area contributed by atoms with Crippen LogP contribution in [0.1, 0.15) is 46.0 Å². The van der Waals surface area contributed by atoms with Crippen LogP contribution in [0, 0.1) is 23.2 Å². The van der Waals surface area contributed by atoms with Gasteiger partial charge >= 0.3 is 0 Å². The van der Waals surface area contributed by atoms with Crippen molar-refractivity contribution in [1.29, 1.82) is 0 Å². The van der Waals surface area contributed by atoms with Crippen molar-refractivity contribution in [3.05, 3.63) is 12.7 Å². The summed E-state index contributed by atoms with van der Waals surface area (Å²) in [5.41, 5.74) is 0.498. The normalized spacial score (nSPS) is 39.3. The minimum atomic E-state index is -0.0893. The Labute approximate surface area is 93.6 Å². The van der Waals surface area contributed by atoms with Crippen LogP contribution in [-0.4, -0.2) is 11.2 Å². The summed E-state index contributed by atoms with van der Waals surface area (Å²) in [6.45, 7) is 8.50. The predicted molar refractivity (Wildman–Crippen MR) is 63.5 cm³/mol. The maximum atomic E-state index is 10.2. The first-order valence-electron chi connectivity index (χ1n) is 6.36. The van der Waals surface area contributed by atoms with Crippen LogP contribution >= 0.6 is 0 Å². The van der Waals surface area contributed by atoms with Crippen molar-refractivity contribution in [2.75, 3.05) is 0 Å². The van der Waals surface area contributed by atoms with E-state index in [2.05, 4.69) is 20.4 Å². The van der Waals surface area contributed by atoms with E-state index in [-0.39, 0.29) is 6.10 Å². The van der Waals surface area contributed by atoms with E-state index in [9.17, 15) is 5.11 Å². The highest BCUT2D eigenvalue weighted by Gasteiger charge is 2.55. The zero-order valence-corrected chi connectivity index (χ0v) is 10.1. The molecule has 0 aromatic rings. The molecule has 3 fully saturated rings. The molecule has 0 saturated heterocycles. The molecule has 3 aliphatic rings. The molecule has 2 bridgehead atoms. The van der Waals surface area contributed by atoms with Gasteiger partial charge < -0.3 is 5.11 Å². The molecule has 15 heavy (non-hydrogen) atoms. The second-order valence-electron chi connectivity index (χ2n) is 6.04. The van der Waals surface area contributed by atoms with Gasteiger partial charge in [-0.2, -0.15) is 0 Å². The first-order valence-corrected chi connectivity index (χ1v) is 6.36. The molecule has 3 rings (SSSR count). The fourth-order valence-electron chi connectivity index (χ4n) is 3.83. The van der Waals surface area contributed by atoms with Crippen LogP contribution in [0.3, 0.4) is 0 Å². The molecule has 0 radical (unpaired) electrons. The largest absolute Gasteiger partial charge is 0.393 e. The first kappa shape index (κ1) is 11.2. The number of hydrogen-bond donors (Lipinski definition) is 1. The molecule has 0 aliphatic heterocycles. The van der Waals surface area contributed by atoms with E-state index < -0.39 is 0 Å². The van der Waals surface area contributed by atoms with Gasteiger partial charge in [-0.05, 0) is 55.3 Å². The standard InChI is InChI=1S/C14H24O/c1-4-5-6-13(15)11-8-7-10-9-12(11)14(10,2)3/h4,10-13,15H,1,5-9H2,2-3H3/t10-,11?,12-,13?/m0/s1. The van der Waals surface area contributed by atoms with Crippen LogP contribution < -0.4 is 0 Å². The van der Waals surface area contributed by atoms with Gasteiger partial charge in [0.25, 0.3) is 0 Å². The molecule has 1 N–H and O–H groups in total. The van der Waals surface area contributed by atoms with Crippen molar-refractivity contribution in [3.8, 4) is 0 Å². The van der Waals surface area contributed by atoms with E-state index in [0.717, 1.165) is 24.7 Å². The zero-order valence-electron chi connectivity index (χ0n) is 10.1. The maximum Gasteiger partial charge on any atom is 0.0574 e. The first-order chi connectivity index (χ1) is 7.07. The van der Waals surface area contributed by atoms with Gasteiger partial charge in [0.2, 0.25) is 0 Å². The smallest absolute Gasteiger partial charge is 0.0574 e. The molecule has 3 aliphatic carbocycles. The Morgan fingerprint density at radius 1 is 1.47 bits per heavy atom. The number of allylic oxidation sites excluding steroid dienone is 1. The van der Waals surface area contributed by atoms with Crippen LogP contribution in [0.5, 0.6) is 0 Å². The van der Waals surface area contributed by atoms with Gasteiger partial charge in [0.15, 0.2) is 0 Å². The van der Waals surface area contributed by atoms with Crippen LogP contribution in [0.15, 0.2) is 12.7 Å².